The highest BCUT2D eigenvalue weighted by Crippen LogP contribution is 2.25. The fourth-order valence-corrected chi connectivity index (χ4v) is 4.52. The van der Waals surface area contributed by atoms with Crippen molar-refractivity contribution in [2.24, 2.45) is 0 Å². The number of thioether (sulfide) groups is 1. The van der Waals surface area contributed by atoms with E-state index in [1.165, 1.54) is 4.31 Å². The van der Waals surface area contributed by atoms with Gasteiger partial charge in [0.15, 0.2) is 0 Å². The van der Waals surface area contributed by atoms with E-state index in [9.17, 15) is 13.2 Å². The molecule has 2 aromatic carbocycles. The van der Waals surface area contributed by atoms with Gasteiger partial charge < -0.3 is 5.32 Å². The lowest BCUT2D eigenvalue weighted by Gasteiger charge is -2.24. The predicted octanol–water partition coefficient (Wildman–Crippen LogP) is 4.22. The molecule has 1 N–H and O–H groups in total. The van der Waals surface area contributed by atoms with E-state index in [4.69, 9.17) is 0 Å². The van der Waals surface area contributed by atoms with E-state index in [2.05, 4.69) is 12.2 Å². The first-order valence-corrected chi connectivity index (χ1v) is 12.0. The molecule has 0 heterocycles. The van der Waals surface area contributed by atoms with Crippen LogP contribution in [0.25, 0.3) is 0 Å². The zero-order valence-corrected chi connectivity index (χ0v) is 18.3. The second kappa shape index (κ2) is 10.5. The highest BCUT2D eigenvalue weighted by atomic mass is 32.2. The maximum atomic E-state index is 13.3. The summed E-state index contributed by atoms with van der Waals surface area (Å²) < 4.78 is 27.7. The van der Waals surface area contributed by atoms with Crippen molar-refractivity contribution in [3.8, 4) is 0 Å². The van der Waals surface area contributed by atoms with Gasteiger partial charge in [-0.3, -0.25) is 9.10 Å². The van der Waals surface area contributed by atoms with Gasteiger partial charge in [0.05, 0.1) is 10.6 Å². The standard InChI is InChI=1S/C21H28N2O3S2/c1-4-5-6-15-22-21(24)16-23(18-9-7-17(2)8-10-18)28(25,26)20-13-11-19(27-3)12-14-20/h7-14H,4-6,15-16H2,1-3H3,(H,22,24). The predicted molar refractivity (Wildman–Crippen MR) is 116 cm³/mol. The van der Waals surface area contributed by atoms with Gasteiger partial charge in [0.1, 0.15) is 6.54 Å². The van der Waals surface area contributed by atoms with Crippen LogP contribution in [0.1, 0.15) is 31.7 Å². The summed E-state index contributed by atoms with van der Waals surface area (Å²) in [6, 6.07) is 13.9. The normalized spacial score (nSPS) is 11.2. The molecule has 0 aliphatic heterocycles. The van der Waals surface area contributed by atoms with Crippen molar-refractivity contribution in [3.05, 3.63) is 54.1 Å². The van der Waals surface area contributed by atoms with Gasteiger partial charge in [0.25, 0.3) is 10.0 Å². The zero-order chi connectivity index (χ0) is 20.6. The van der Waals surface area contributed by atoms with Crippen molar-refractivity contribution in [1.29, 1.82) is 0 Å². The number of unbranched alkanes of at least 4 members (excludes halogenated alkanes) is 2. The molecule has 0 bridgehead atoms. The zero-order valence-electron chi connectivity index (χ0n) is 16.6. The Labute approximate surface area is 172 Å². The van der Waals surface area contributed by atoms with Crippen LogP contribution in [0.5, 0.6) is 0 Å². The lowest BCUT2D eigenvalue weighted by atomic mass is 10.2. The number of hydrogen-bond donors (Lipinski definition) is 1. The van der Waals surface area contributed by atoms with Crippen LogP contribution in [-0.2, 0) is 14.8 Å². The average molecular weight is 421 g/mol. The summed E-state index contributed by atoms with van der Waals surface area (Å²) in [5.74, 6) is -0.305. The summed E-state index contributed by atoms with van der Waals surface area (Å²) in [7, 11) is -3.86. The molecule has 0 aliphatic rings. The fraction of sp³-hybridized carbons (Fsp3) is 0.381. The Morgan fingerprint density at radius 1 is 1.04 bits per heavy atom. The molecular weight excluding hydrogens is 392 g/mol. The molecule has 0 aromatic heterocycles. The summed E-state index contributed by atoms with van der Waals surface area (Å²) in [4.78, 5) is 13.6. The molecule has 7 heteroatoms. The molecular formula is C21H28N2O3S2. The van der Waals surface area contributed by atoms with Crippen molar-refractivity contribution in [2.45, 2.75) is 42.9 Å². The highest BCUT2D eigenvalue weighted by Gasteiger charge is 2.27. The van der Waals surface area contributed by atoms with Gasteiger partial charge >= 0.3 is 0 Å². The number of amides is 1. The summed E-state index contributed by atoms with van der Waals surface area (Å²) >= 11 is 1.55. The molecule has 2 aromatic rings. The third-order valence-electron chi connectivity index (χ3n) is 4.36. The Bertz CT molecular complexity index is 864. The molecule has 28 heavy (non-hydrogen) atoms. The number of carbonyl (C=O) groups excluding carboxylic acids is 1. The Balaban J connectivity index is 2.28. The maximum Gasteiger partial charge on any atom is 0.264 e. The van der Waals surface area contributed by atoms with Crippen molar-refractivity contribution >= 4 is 33.4 Å². The summed E-state index contributed by atoms with van der Waals surface area (Å²) in [5.41, 5.74) is 1.50. The van der Waals surface area contributed by atoms with Gasteiger partial charge in [0.2, 0.25) is 5.91 Å². The molecule has 0 saturated carbocycles. The topological polar surface area (TPSA) is 66.5 Å². The first-order valence-electron chi connectivity index (χ1n) is 9.38. The fourth-order valence-electron chi connectivity index (χ4n) is 2.69. The van der Waals surface area contributed by atoms with E-state index < -0.39 is 10.0 Å². The molecule has 152 valence electrons. The second-order valence-corrected chi connectivity index (χ2v) is 9.32. The van der Waals surface area contributed by atoms with Crippen LogP contribution >= 0.6 is 11.8 Å². The highest BCUT2D eigenvalue weighted by molar-refractivity contribution is 7.98. The molecule has 0 spiro atoms. The van der Waals surface area contributed by atoms with Crippen LogP contribution in [0.15, 0.2) is 58.3 Å². The molecule has 0 fully saturated rings. The third-order valence-corrected chi connectivity index (χ3v) is 6.89. The summed E-state index contributed by atoms with van der Waals surface area (Å²) in [6.07, 6.45) is 4.91. The Morgan fingerprint density at radius 3 is 2.25 bits per heavy atom. The number of hydrogen-bond acceptors (Lipinski definition) is 4. The minimum Gasteiger partial charge on any atom is -0.355 e. The Hall–Kier alpha value is -1.99. The number of sulfonamides is 1. The van der Waals surface area contributed by atoms with Crippen LogP contribution < -0.4 is 9.62 Å². The minimum atomic E-state index is -3.86. The largest absolute Gasteiger partial charge is 0.355 e. The lowest BCUT2D eigenvalue weighted by Crippen LogP contribution is -2.41. The van der Waals surface area contributed by atoms with E-state index in [-0.39, 0.29) is 17.3 Å². The van der Waals surface area contributed by atoms with E-state index in [1.807, 2.05) is 25.3 Å². The third kappa shape index (κ3) is 6.01. The average Bonchev–Trinajstić information content (AvgIpc) is 2.70. The van der Waals surface area contributed by atoms with Gasteiger partial charge in [-0.15, -0.1) is 11.8 Å². The van der Waals surface area contributed by atoms with Crippen LogP contribution in [0.2, 0.25) is 0 Å². The van der Waals surface area contributed by atoms with Gasteiger partial charge in [-0.05, 0) is 56.0 Å². The van der Waals surface area contributed by atoms with Crippen molar-refractivity contribution < 1.29 is 13.2 Å². The first kappa shape index (κ1) is 22.3. The maximum absolute atomic E-state index is 13.3. The molecule has 0 unspecified atom stereocenters. The van der Waals surface area contributed by atoms with Gasteiger partial charge in [-0.25, -0.2) is 8.42 Å². The van der Waals surface area contributed by atoms with Gasteiger partial charge in [0, 0.05) is 11.4 Å². The monoisotopic (exact) mass is 420 g/mol. The van der Waals surface area contributed by atoms with Crippen LogP contribution in [-0.4, -0.2) is 33.7 Å². The number of benzene rings is 2. The minimum absolute atomic E-state index is 0.171. The SMILES string of the molecule is CCCCCNC(=O)CN(c1ccc(C)cc1)S(=O)(=O)c1ccc(SC)cc1. The van der Waals surface area contributed by atoms with Crippen LogP contribution in [0.3, 0.4) is 0 Å². The van der Waals surface area contributed by atoms with Gasteiger partial charge in [-0.1, -0.05) is 37.5 Å². The van der Waals surface area contributed by atoms with E-state index in [1.54, 1.807) is 48.2 Å². The summed E-state index contributed by atoms with van der Waals surface area (Å²) in [5, 5.41) is 2.82. The van der Waals surface area contributed by atoms with Gasteiger partial charge in [-0.2, -0.15) is 0 Å². The van der Waals surface area contributed by atoms with E-state index in [0.29, 0.717) is 12.2 Å². The molecule has 1 amide bonds. The molecule has 2 rings (SSSR count). The molecule has 0 radical (unpaired) electrons. The summed E-state index contributed by atoms with van der Waals surface area (Å²) in [6.45, 7) is 4.33. The van der Waals surface area contributed by atoms with Crippen LogP contribution in [0.4, 0.5) is 5.69 Å². The number of nitrogens with zero attached hydrogens (tertiary/aromatic N) is 1. The molecule has 0 atom stereocenters. The number of rotatable bonds is 10. The van der Waals surface area contributed by atoms with Crippen molar-refractivity contribution in [3.63, 3.8) is 0 Å². The number of carbonyl (C=O) groups is 1. The Morgan fingerprint density at radius 2 is 1.68 bits per heavy atom. The van der Waals surface area contributed by atoms with E-state index in [0.717, 1.165) is 29.7 Å². The van der Waals surface area contributed by atoms with E-state index >= 15 is 0 Å². The quantitative estimate of drug-likeness (QED) is 0.462. The number of nitrogens with one attached hydrogen (secondary N) is 1. The van der Waals surface area contributed by atoms with Crippen molar-refractivity contribution in [1.82, 2.24) is 5.32 Å². The molecule has 0 aliphatic carbocycles. The second-order valence-electron chi connectivity index (χ2n) is 6.58. The first-order chi connectivity index (χ1) is 13.4. The lowest BCUT2D eigenvalue weighted by molar-refractivity contribution is -0.119. The van der Waals surface area contributed by atoms with Crippen LogP contribution in [0, 0.1) is 6.92 Å². The number of anilines is 1. The number of aryl methyl sites for hydroxylation is 1. The molecule has 0 saturated heterocycles. The Kier molecular flexibility index (Phi) is 8.38. The van der Waals surface area contributed by atoms with Crippen molar-refractivity contribution in [2.75, 3.05) is 23.7 Å². The smallest absolute Gasteiger partial charge is 0.264 e. The molecule has 5 nitrogen and oxygen atoms in total.